The minimum absolute atomic E-state index is 0.0191. The standard InChI is InChI=1S/C23H28N2O3/c1-4-24(5-2)19(26)13-18(15-8-6-14(3)7-9-15)25-22(27)20-16-10-11-17(12-16)21(20)23(25)28/h6-11,16-18,20-21H,4-5,12-13H2,1-3H3. The molecule has 1 saturated carbocycles. The largest absolute Gasteiger partial charge is 0.343 e. The lowest BCUT2D eigenvalue weighted by molar-refractivity contribution is -0.145. The van der Waals surface area contributed by atoms with E-state index in [1.807, 2.05) is 45.0 Å². The first-order valence-electron chi connectivity index (χ1n) is 10.4. The monoisotopic (exact) mass is 380 g/mol. The number of hydrogen-bond acceptors (Lipinski definition) is 3. The van der Waals surface area contributed by atoms with Crippen molar-refractivity contribution in [1.82, 2.24) is 9.80 Å². The lowest BCUT2D eigenvalue weighted by atomic mass is 9.85. The Bertz CT molecular complexity index is 795. The number of nitrogens with zero attached hydrogens (tertiary/aromatic N) is 2. The minimum Gasteiger partial charge on any atom is -0.343 e. The summed E-state index contributed by atoms with van der Waals surface area (Å²) in [5, 5.41) is 0. The Morgan fingerprint density at radius 3 is 2.07 bits per heavy atom. The van der Waals surface area contributed by atoms with Crippen LogP contribution in [-0.2, 0) is 14.4 Å². The third-order valence-corrected chi connectivity index (χ3v) is 6.76. The summed E-state index contributed by atoms with van der Waals surface area (Å²) in [5.41, 5.74) is 1.96. The molecule has 1 saturated heterocycles. The zero-order valence-corrected chi connectivity index (χ0v) is 16.8. The maximum atomic E-state index is 13.3. The van der Waals surface area contributed by atoms with Crippen LogP contribution in [0.4, 0.5) is 0 Å². The maximum absolute atomic E-state index is 13.3. The average molecular weight is 380 g/mol. The zero-order valence-electron chi connectivity index (χ0n) is 16.8. The highest BCUT2D eigenvalue weighted by atomic mass is 16.2. The van der Waals surface area contributed by atoms with Crippen LogP contribution in [0, 0.1) is 30.6 Å². The Balaban J connectivity index is 1.67. The van der Waals surface area contributed by atoms with Crippen molar-refractivity contribution in [2.24, 2.45) is 23.7 Å². The van der Waals surface area contributed by atoms with Crippen molar-refractivity contribution in [2.75, 3.05) is 13.1 Å². The molecule has 5 unspecified atom stereocenters. The second kappa shape index (κ2) is 7.19. The van der Waals surface area contributed by atoms with Crippen LogP contribution in [-0.4, -0.2) is 40.6 Å². The summed E-state index contributed by atoms with van der Waals surface area (Å²) in [7, 11) is 0. The van der Waals surface area contributed by atoms with Crippen LogP contribution in [0.5, 0.6) is 0 Å². The Morgan fingerprint density at radius 1 is 1.04 bits per heavy atom. The molecule has 1 aromatic carbocycles. The molecule has 2 bridgehead atoms. The summed E-state index contributed by atoms with van der Waals surface area (Å²) in [5.74, 6) is -0.330. The number of amides is 3. The molecule has 3 amide bonds. The van der Waals surface area contributed by atoms with Crippen molar-refractivity contribution in [3.05, 3.63) is 47.5 Å². The van der Waals surface area contributed by atoms with E-state index in [1.54, 1.807) is 4.90 Å². The topological polar surface area (TPSA) is 57.7 Å². The fraction of sp³-hybridized carbons (Fsp3) is 0.522. The predicted molar refractivity (Wildman–Crippen MR) is 106 cm³/mol. The van der Waals surface area contributed by atoms with Crippen molar-refractivity contribution in [3.8, 4) is 0 Å². The number of rotatable bonds is 6. The number of fused-ring (bicyclic) bond motifs is 5. The lowest BCUT2D eigenvalue weighted by Gasteiger charge is -2.30. The van der Waals surface area contributed by atoms with E-state index in [1.165, 1.54) is 4.90 Å². The molecule has 28 heavy (non-hydrogen) atoms. The molecule has 0 aromatic heterocycles. The summed E-state index contributed by atoms with van der Waals surface area (Å²) in [6, 6.07) is 7.30. The molecule has 148 valence electrons. The molecule has 1 aliphatic heterocycles. The van der Waals surface area contributed by atoms with Gasteiger partial charge < -0.3 is 4.90 Å². The van der Waals surface area contributed by atoms with Gasteiger partial charge in [0.2, 0.25) is 17.7 Å². The van der Waals surface area contributed by atoms with Crippen LogP contribution in [0.2, 0.25) is 0 Å². The van der Waals surface area contributed by atoms with E-state index in [-0.39, 0.29) is 47.8 Å². The van der Waals surface area contributed by atoms with Gasteiger partial charge in [0.15, 0.2) is 0 Å². The number of benzene rings is 1. The second-order valence-corrected chi connectivity index (χ2v) is 8.24. The van der Waals surface area contributed by atoms with Gasteiger partial charge in [-0.2, -0.15) is 0 Å². The molecule has 0 radical (unpaired) electrons. The molecular formula is C23H28N2O3. The van der Waals surface area contributed by atoms with Gasteiger partial charge in [-0.1, -0.05) is 42.0 Å². The number of aryl methyl sites for hydroxylation is 1. The van der Waals surface area contributed by atoms with Gasteiger partial charge in [0.1, 0.15) is 0 Å². The van der Waals surface area contributed by atoms with E-state index in [9.17, 15) is 14.4 Å². The smallest absolute Gasteiger partial charge is 0.234 e. The summed E-state index contributed by atoms with van der Waals surface area (Å²) < 4.78 is 0. The Labute approximate surface area is 166 Å². The molecule has 4 rings (SSSR count). The number of imide groups is 1. The van der Waals surface area contributed by atoms with Crippen LogP contribution in [0.3, 0.4) is 0 Å². The van der Waals surface area contributed by atoms with Crippen LogP contribution < -0.4 is 0 Å². The number of likely N-dealkylation sites (tertiary alicyclic amines) is 1. The van der Waals surface area contributed by atoms with Crippen LogP contribution >= 0.6 is 0 Å². The molecule has 5 heteroatoms. The van der Waals surface area contributed by atoms with Crippen molar-refractivity contribution >= 4 is 17.7 Å². The third kappa shape index (κ3) is 2.88. The van der Waals surface area contributed by atoms with Crippen molar-refractivity contribution in [2.45, 2.75) is 39.7 Å². The molecule has 3 aliphatic rings. The molecule has 0 N–H and O–H groups in total. The first kappa shape index (κ1) is 18.9. The maximum Gasteiger partial charge on any atom is 0.234 e. The van der Waals surface area contributed by atoms with Gasteiger partial charge in [-0.25, -0.2) is 0 Å². The third-order valence-electron chi connectivity index (χ3n) is 6.76. The molecule has 2 fully saturated rings. The summed E-state index contributed by atoms with van der Waals surface area (Å²) in [4.78, 5) is 42.7. The van der Waals surface area contributed by atoms with Gasteiger partial charge >= 0.3 is 0 Å². The number of hydrogen-bond donors (Lipinski definition) is 0. The van der Waals surface area contributed by atoms with Crippen molar-refractivity contribution in [1.29, 1.82) is 0 Å². The summed E-state index contributed by atoms with van der Waals surface area (Å²) in [6.45, 7) is 7.14. The second-order valence-electron chi connectivity index (χ2n) is 8.24. The average Bonchev–Trinajstić information content (AvgIpc) is 3.36. The van der Waals surface area contributed by atoms with Crippen molar-refractivity contribution in [3.63, 3.8) is 0 Å². The van der Waals surface area contributed by atoms with Crippen LogP contribution in [0.25, 0.3) is 0 Å². The predicted octanol–water partition coefficient (Wildman–Crippen LogP) is 3.10. The van der Waals surface area contributed by atoms with Crippen LogP contribution in [0.1, 0.15) is 43.9 Å². The molecule has 5 nitrogen and oxygen atoms in total. The van der Waals surface area contributed by atoms with E-state index < -0.39 is 6.04 Å². The Morgan fingerprint density at radius 2 is 1.57 bits per heavy atom. The van der Waals surface area contributed by atoms with E-state index in [0.29, 0.717) is 13.1 Å². The normalized spacial score (nSPS) is 28.8. The van der Waals surface area contributed by atoms with Gasteiger partial charge in [-0.05, 0) is 44.6 Å². The first-order valence-corrected chi connectivity index (χ1v) is 10.4. The van der Waals surface area contributed by atoms with E-state index in [0.717, 1.165) is 17.5 Å². The fourth-order valence-electron chi connectivity index (χ4n) is 5.25. The van der Waals surface area contributed by atoms with Crippen molar-refractivity contribution < 1.29 is 14.4 Å². The van der Waals surface area contributed by atoms with Gasteiger partial charge in [-0.15, -0.1) is 0 Å². The highest BCUT2D eigenvalue weighted by Crippen LogP contribution is 2.54. The summed E-state index contributed by atoms with van der Waals surface area (Å²) >= 11 is 0. The molecule has 2 aliphatic carbocycles. The van der Waals surface area contributed by atoms with E-state index >= 15 is 0 Å². The van der Waals surface area contributed by atoms with Gasteiger partial charge in [0.05, 0.1) is 24.3 Å². The van der Waals surface area contributed by atoms with Crippen LogP contribution in [0.15, 0.2) is 36.4 Å². The summed E-state index contributed by atoms with van der Waals surface area (Å²) in [6.07, 6.45) is 5.25. The molecule has 1 heterocycles. The van der Waals surface area contributed by atoms with E-state index in [2.05, 4.69) is 12.2 Å². The highest BCUT2D eigenvalue weighted by Gasteiger charge is 2.60. The number of carbonyl (C=O) groups is 3. The van der Waals surface area contributed by atoms with Gasteiger partial charge in [0, 0.05) is 13.1 Å². The molecule has 1 aromatic rings. The minimum atomic E-state index is -0.529. The Kier molecular flexibility index (Phi) is 4.86. The van der Waals surface area contributed by atoms with Gasteiger partial charge in [-0.3, -0.25) is 19.3 Å². The first-order chi connectivity index (χ1) is 13.5. The molecular weight excluding hydrogens is 352 g/mol. The lowest BCUT2D eigenvalue weighted by Crippen LogP contribution is -2.40. The highest BCUT2D eigenvalue weighted by molar-refractivity contribution is 6.07. The number of allylic oxidation sites excluding steroid dienone is 2. The Hall–Kier alpha value is -2.43. The quantitative estimate of drug-likeness (QED) is 0.563. The fourth-order valence-corrected chi connectivity index (χ4v) is 5.25. The molecule has 5 atom stereocenters. The number of carbonyl (C=O) groups excluding carboxylic acids is 3. The SMILES string of the molecule is CCN(CC)C(=O)CC(c1ccc(C)cc1)N1C(=O)C2C3C=CC(C3)C2C1=O. The zero-order chi connectivity index (χ0) is 20.0. The molecule has 0 spiro atoms. The van der Waals surface area contributed by atoms with Gasteiger partial charge in [0.25, 0.3) is 0 Å². The van der Waals surface area contributed by atoms with E-state index in [4.69, 9.17) is 0 Å².